The lowest BCUT2D eigenvalue weighted by atomic mass is 9.75. The Morgan fingerprint density at radius 2 is 1.76 bits per heavy atom. The zero-order valence-electron chi connectivity index (χ0n) is 17.3. The molecule has 0 aliphatic carbocycles. The number of fused-ring (bicyclic) bond motifs is 3. The predicted octanol–water partition coefficient (Wildman–Crippen LogP) is 4.03. The van der Waals surface area contributed by atoms with Crippen molar-refractivity contribution in [2.45, 2.75) is 28.6 Å². The first-order chi connectivity index (χ1) is 15.5. The molecule has 0 radical (unpaired) electrons. The van der Waals surface area contributed by atoms with Crippen molar-refractivity contribution in [3.8, 4) is 5.75 Å². The van der Waals surface area contributed by atoms with E-state index in [0.29, 0.717) is 5.02 Å². The van der Waals surface area contributed by atoms with Crippen LogP contribution in [0, 0.1) is 17.6 Å². The largest absolute Gasteiger partial charge is 0.490 e. The minimum absolute atomic E-state index is 0.0630. The molecule has 0 aromatic heterocycles. The summed E-state index contributed by atoms with van der Waals surface area (Å²) in [6, 6.07) is 7.16. The minimum atomic E-state index is -4.34. The van der Waals surface area contributed by atoms with Crippen LogP contribution in [0.3, 0.4) is 0 Å². The van der Waals surface area contributed by atoms with Crippen LogP contribution in [-0.2, 0) is 29.2 Å². The van der Waals surface area contributed by atoms with Gasteiger partial charge in [-0.2, -0.15) is 0 Å². The first kappa shape index (κ1) is 24.1. The summed E-state index contributed by atoms with van der Waals surface area (Å²) >= 11 is 5.92. The summed E-state index contributed by atoms with van der Waals surface area (Å²) in [5.41, 5.74) is -0.395. The van der Waals surface area contributed by atoms with E-state index in [1.165, 1.54) is 24.3 Å². The number of benzene rings is 2. The zero-order valence-corrected chi connectivity index (χ0v) is 19.7. The number of hydrogen-bond acceptors (Lipinski definition) is 6. The van der Waals surface area contributed by atoms with E-state index in [1.54, 1.807) is 0 Å². The molecule has 2 heterocycles. The molecular weight excluding hydrogens is 498 g/mol. The second-order valence-corrected chi connectivity index (χ2v) is 12.7. The Hall–Kier alpha value is -2.01. The fraction of sp³-hybridized carbons (Fsp3) is 0.364. The van der Waals surface area contributed by atoms with Crippen LogP contribution >= 0.6 is 11.6 Å². The highest BCUT2D eigenvalue weighted by Crippen LogP contribution is 2.55. The van der Waals surface area contributed by atoms with Gasteiger partial charge in [0, 0.05) is 23.0 Å². The van der Waals surface area contributed by atoms with Gasteiger partial charge in [-0.15, -0.1) is 0 Å². The monoisotopic (exact) mass is 518 g/mol. The maximum absolute atomic E-state index is 15.3. The Kier molecular flexibility index (Phi) is 6.32. The molecule has 3 atom stereocenters. The van der Waals surface area contributed by atoms with Crippen LogP contribution in [0.15, 0.2) is 53.3 Å². The second-order valence-electron chi connectivity index (χ2n) is 7.98. The average Bonchev–Trinajstić information content (AvgIpc) is 2.79. The molecule has 0 amide bonds. The van der Waals surface area contributed by atoms with Gasteiger partial charge in [-0.3, -0.25) is 0 Å². The standard InChI is InChI=1S/C22H21ClF2O6S2/c1-2-32(26,27)12-9-19-16-13-31-21-18(25)8-7-17(24)20(21)22(16,10-11-30-19)33(28,29)15-5-3-14(23)4-6-15/h2-8,16,19H,1,9-13H2/t16?,19-,22-/m0/s1. The van der Waals surface area contributed by atoms with E-state index < -0.39 is 59.4 Å². The molecule has 11 heteroatoms. The molecule has 0 spiro atoms. The molecule has 2 aliphatic rings. The third-order valence-electron chi connectivity index (χ3n) is 6.29. The van der Waals surface area contributed by atoms with E-state index in [2.05, 4.69) is 6.58 Å². The number of hydrogen-bond donors (Lipinski definition) is 0. The second kappa shape index (κ2) is 8.65. The van der Waals surface area contributed by atoms with Crippen LogP contribution in [0.2, 0.25) is 5.02 Å². The zero-order chi connectivity index (χ0) is 24.0. The van der Waals surface area contributed by atoms with E-state index in [4.69, 9.17) is 21.1 Å². The number of ether oxygens (including phenoxy) is 2. The van der Waals surface area contributed by atoms with E-state index in [1.807, 2.05) is 0 Å². The predicted molar refractivity (Wildman–Crippen MR) is 119 cm³/mol. The van der Waals surface area contributed by atoms with Crippen molar-refractivity contribution in [3.05, 3.63) is 70.6 Å². The summed E-state index contributed by atoms with van der Waals surface area (Å²) in [6.45, 7) is 2.88. The van der Waals surface area contributed by atoms with Crippen molar-refractivity contribution in [2.24, 2.45) is 5.92 Å². The molecule has 2 aromatic carbocycles. The van der Waals surface area contributed by atoms with Crippen LogP contribution in [0.1, 0.15) is 18.4 Å². The van der Waals surface area contributed by atoms with Gasteiger partial charge in [-0.05, 0) is 49.2 Å². The average molecular weight is 519 g/mol. The van der Waals surface area contributed by atoms with Gasteiger partial charge in [0.05, 0.1) is 28.9 Å². The Balaban J connectivity index is 1.93. The Labute approximate surface area is 196 Å². The number of halogens is 3. The number of rotatable bonds is 6. The molecule has 1 fully saturated rings. The summed E-state index contributed by atoms with van der Waals surface area (Å²) < 4.78 is 91.4. The highest BCUT2D eigenvalue weighted by Gasteiger charge is 2.61. The molecule has 178 valence electrons. The van der Waals surface area contributed by atoms with Crippen LogP contribution in [-0.4, -0.2) is 41.9 Å². The van der Waals surface area contributed by atoms with Gasteiger partial charge in [0.15, 0.2) is 31.2 Å². The third kappa shape index (κ3) is 3.96. The van der Waals surface area contributed by atoms with Crippen LogP contribution in [0.5, 0.6) is 5.75 Å². The topological polar surface area (TPSA) is 86.7 Å². The SMILES string of the molecule is C=CS(=O)(=O)CC[C@@H]1OCC[C@@]2(S(=O)(=O)c3ccc(Cl)cc3)c3c(F)ccc(F)c3OCC12. The van der Waals surface area contributed by atoms with Crippen LogP contribution in [0.25, 0.3) is 0 Å². The summed E-state index contributed by atoms with van der Waals surface area (Å²) in [7, 11) is -7.94. The summed E-state index contributed by atoms with van der Waals surface area (Å²) in [5, 5.41) is 1.13. The molecule has 6 nitrogen and oxygen atoms in total. The fourth-order valence-corrected chi connectivity index (χ4v) is 7.90. The van der Waals surface area contributed by atoms with Crippen molar-refractivity contribution in [3.63, 3.8) is 0 Å². The minimum Gasteiger partial charge on any atom is -0.490 e. The molecule has 0 saturated carbocycles. The van der Waals surface area contributed by atoms with E-state index in [0.717, 1.165) is 17.5 Å². The molecule has 1 saturated heterocycles. The molecule has 33 heavy (non-hydrogen) atoms. The van der Waals surface area contributed by atoms with Gasteiger partial charge in [0.1, 0.15) is 10.6 Å². The molecule has 0 bridgehead atoms. The lowest BCUT2D eigenvalue weighted by Crippen LogP contribution is -2.57. The van der Waals surface area contributed by atoms with Crippen molar-refractivity contribution in [1.82, 2.24) is 0 Å². The van der Waals surface area contributed by atoms with Gasteiger partial charge in [-0.25, -0.2) is 25.6 Å². The van der Waals surface area contributed by atoms with Crippen LogP contribution in [0.4, 0.5) is 8.78 Å². The Morgan fingerprint density at radius 3 is 2.42 bits per heavy atom. The lowest BCUT2D eigenvalue weighted by Gasteiger charge is -2.50. The highest BCUT2D eigenvalue weighted by molar-refractivity contribution is 7.94. The lowest BCUT2D eigenvalue weighted by molar-refractivity contribution is -0.0732. The number of sulfone groups is 2. The van der Waals surface area contributed by atoms with Gasteiger partial charge in [0.2, 0.25) is 0 Å². The molecule has 0 N–H and O–H groups in total. The smallest absolute Gasteiger partial charge is 0.189 e. The summed E-state index contributed by atoms with van der Waals surface area (Å²) in [4.78, 5) is -0.118. The van der Waals surface area contributed by atoms with Gasteiger partial charge in [0.25, 0.3) is 0 Å². The first-order valence-corrected chi connectivity index (χ1v) is 13.7. The van der Waals surface area contributed by atoms with Crippen molar-refractivity contribution >= 4 is 31.3 Å². The van der Waals surface area contributed by atoms with Gasteiger partial charge in [-0.1, -0.05) is 18.2 Å². The summed E-state index contributed by atoms with van der Waals surface area (Å²) in [6.07, 6.45) is -1.12. The molecule has 2 aromatic rings. The highest BCUT2D eigenvalue weighted by atomic mass is 35.5. The maximum atomic E-state index is 15.3. The molecular formula is C22H21ClF2O6S2. The van der Waals surface area contributed by atoms with Crippen LogP contribution < -0.4 is 4.74 Å². The first-order valence-electron chi connectivity index (χ1n) is 10.1. The molecule has 2 aliphatic heterocycles. The van der Waals surface area contributed by atoms with E-state index in [9.17, 15) is 21.2 Å². The van der Waals surface area contributed by atoms with E-state index >= 15 is 4.39 Å². The molecule has 4 rings (SSSR count). The van der Waals surface area contributed by atoms with Crippen molar-refractivity contribution < 1.29 is 35.1 Å². The van der Waals surface area contributed by atoms with Gasteiger partial charge < -0.3 is 9.47 Å². The quantitative estimate of drug-likeness (QED) is 0.574. The Morgan fingerprint density at radius 1 is 1.09 bits per heavy atom. The molecule has 1 unspecified atom stereocenters. The van der Waals surface area contributed by atoms with Gasteiger partial charge >= 0.3 is 0 Å². The summed E-state index contributed by atoms with van der Waals surface area (Å²) in [5.74, 6) is -3.59. The van der Waals surface area contributed by atoms with Crippen molar-refractivity contribution in [2.75, 3.05) is 19.0 Å². The van der Waals surface area contributed by atoms with E-state index in [-0.39, 0.29) is 36.7 Å². The normalized spacial score (nSPS) is 24.9. The fourth-order valence-electron chi connectivity index (χ4n) is 4.70. The van der Waals surface area contributed by atoms with Crippen molar-refractivity contribution in [1.29, 1.82) is 0 Å². The Bertz CT molecular complexity index is 1290. The maximum Gasteiger partial charge on any atom is 0.189 e. The third-order valence-corrected chi connectivity index (χ3v) is 10.4.